The number of pyridine rings is 1. The average molecular weight is 459 g/mol. The average Bonchev–Trinajstić information content (AvgIpc) is 2.85. The highest BCUT2D eigenvalue weighted by Gasteiger charge is 2.16. The number of carbonyl (C=O) groups excluding carboxylic acids is 2. The maximum atomic E-state index is 12.1. The molecule has 9 nitrogen and oxygen atoms in total. The number of anilines is 3. The molecule has 3 N–H and O–H groups in total. The Hall–Kier alpha value is -4.11. The lowest BCUT2D eigenvalue weighted by Gasteiger charge is -2.28. The lowest BCUT2D eigenvalue weighted by Crippen LogP contribution is -2.36. The second-order valence-electron chi connectivity index (χ2n) is 8.15. The minimum Gasteiger partial charge on any atom is -0.378 e. The summed E-state index contributed by atoms with van der Waals surface area (Å²) in [7, 11) is 0. The molecule has 0 aliphatic carbocycles. The van der Waals surface area contributed by atoms with Crippen LogP contribution in [0.5, 0.6) is 0 Å². The summed E-state index contributed by atoms with van der Waals surface area (Å²) in [4.78, 5) is 39.2. The van der Waals surface area contributed by atoms with Crippen LogP contribution in [0.15, 0.2) is 60.4 Å². The van der Waals surface area contributed by atoms with Gasteiger partial charge in [-0.3, -0.25) is 9.59 Å². The molecule has 9 heteroatoms. The van der Waals surface area contributed by atoms with Gasteiger partial charge in [0, 0.05) is 36.7 Å². The number of morpholine rings is 1. The third-order valence-electron chi connectivity index (χ3n) is 5.23. The number of hydrogen-bond donors (Lipinski definition) is 2. The van der Waals surface area contributed by atoms with Crippen molar-refractivity contribution in [2.45, 2.75) is 13.8 Å². The van der Waals surface area contributed by atoms with Crippen molar-refractivity contribution >= 4 is 29.1 Å². The van der Waals surface area contributed by atoms with Gasteiger partial charge in [-0.1, -0.05) is 17.7 Å². The molecule has 34 heavy (non-hydrogen) atoms. The molecule has 1 aromatic carbocycles. The van der Waals surface area contributed by atoms with Gasteiger partial charge in [0.05, 0.1) is 18.9 Å². The number of rotatable bonds is 6. The zero-order valence-electron chi connectivity index (χ0n) is 19.1. The molecule has 0 saturated carbocycles. The van der Waals surface area contributed by atoms with Crippen LogP contribution in [0, 0.1) is 0 Å². The maximum absolute atomic E-state index is 12.1. The Kier molecular flexibility index (Phi) is 6.93. The predicted molar refractivity (Wildman–Crippen MR) is 131 cm³/mol. The van der Waals surface area contributed by atoms with E-state index in [0.29, 0.717) is 18.9 Å². The summed E-state index contributed by atoms with van der Waals surface area (Å²) in [6.45, 7) is 6.32. The molecule has 0 unspecified atom stereocenters. The molecule has 0 bridgehead atoms. The molecule has 3 heterocycles. The molecule has 1 aliphatic heterocycles. The van der Waals surface area contributed by atoms with E-state index in [2.05, 4.69) is 20.2 Å². The summed E-state index contributed by atoms with van der Waals surface area (Å²) in [6, 6.07) is 11.3. The molecule has 4 rings (SSSR count). The number of nitrogens with zero attached hydrogens (tertiary/aromatic N) is 4. The molecular formula is C25H26N6O3. The third-order valence-corrected chi connectivity index (χ3v) is 5.23. The summed E-state index contributed by atoms with van der Waals surface area (Å²) in [5.74, 6) is -0.215. The van der Waals surface area contributed by atoms with E-state index >= 15 is 0 Å². The van der Waals surface area contributed by atoms with Crippen molar-refractivity contribution in [2.24, 2.45) is 0 Å². The third kappa shape index (κ3) is 5.62. The zero-order chi connectivity index (χ0) is 24.1. The highest BCUT2D eigenvalue weighted by atomic mass is 16.5. The van der Waals surface area contributed by atoms with Crippen LogP contribution in [0.3, 0.4) is 0 Å². The number of nitrogens with one attached hydrogen (secondary N) is 1. The number of allylic oxidation sites excluding steroid dienone is 1. The van der Waals surface area contributed by atoms with Crippen molar-refractivity contribution in [1.82, 2.24) is 15.0 Å². The molecule has 3 aromatic rings. The van der Waals surface area contributed by atoms with E-state index in [1.54, 1.807) is 38.4 Å². The monoisotopic (exact) mass is 458 g/mol. The van der Waals surface area contributed by atoms with E-state index in [4.69, 9.17) is 15.5 Å². The smallest absolute Gasteiger partial charge is 0.296 e. The molecule has 0 spiro atoms. The first kappa shape index (κ1) is 23.1. The van der Waals surface area contributed by atoms with Gasteiger partial charge < -0.3 is 20.7 Å². The van der Waals surface area contributed by atoms with Gasteiger partial charge in [-0.15, -0.1) is 0 Å². The first-order valence-electron chi connectivity index (χ1n) is 10.9. The van der Waals surface area contributed by atoms with Gasteiger partial charge in [0.2, 0.25) is 11.7 Å². The summed E-state index contributed by atoms with van der Waals surface area (Å²) >= 11 is 0. The Morgan fingerprint density at radius 2 is 1.68 bits per heavy atom. The molecule has 1 amide bonds. The van der Waals surface area contributed by atoms with Crippen molar-refractivity contribution in [2.75, 3.05) is 42.3 Å². The van der Waals surface area contributed by atoms with Crippen LogP contribution in [0.1, 0.15) is 13.8 Å². The molecule has 1 fully saturated rings. The van der Waals surface area contributed by atoms with E-state index < -0.39 is 11.7 Å². The fraction of sp³-hybridized carbons (Fsp3) is 0.240. The van der Waals surface area contributed by atoms with Crippen molar-refractivity contribution in [3.8, 4) is 22.4 Å². The number of nitrogens with two attached hydrogens (primary N) is 1. The molecule has 1 aliphatic rings. The Morgan fingerprint density at radius 1 is 1.00 bits per heavy atom. The van der Waals surface area contributed by atoms with Gasteiger partial charge in [0.1, 0.15) is 5.82 Å². The quantitative estimate of drug-likeness (QED) is 0.427. The van der Waals surface area contributed by atoms with Crippen LogP contribution in [-0.2, 0) is 14.3 Å². The number of amides is 1. The first-order valence-corrected chi connectivity index (χ1v) is 10.9. The number of ether oxygens (including phenoxy) is 1. The van der Waals surface area contributed by atoms with Gasteiger partial charge in [0.25, 0.3) is 5.91 Å². The lowest BCUT2D eigenvalue weighted by molar-refractivity contribution is -0.132. The Balaban J connectivity index is 1.64. The van der Waals surface area contributed by atoms with E-state index in [1.807, 2.05) is 24.3 Å². The summed E-state index contributed by atoms with van der Waals surface area (Å²) in [6.07, 6.45) is 4.62. The van der Waals surface area contributed by atoms with E-state index in [-0.39, 0.29) is 5.95 Å². The minimum absolute atomic E-state index is 0.203. The van der Waals surface area contributed by atoms with Crippen LogP contribution >= 0.6 is 0 Å². The molecule has 174 valence electrons. The predicted octanol–water partition coefficient (Wildman–Crippen LogP) is 3.10. The van der Waals surface area contributed by atoms with E-state index in [9.17, 15) is 9.59 Å². The zero-order valence-corrected chi connectivity index (χ0v) is 19.1. The van der Waals surface area contributed by atoms with Crippen LogP contribution in [0.2, 0.25) is 0 Å². The SMILES string of the molecule is CC(C)=CC(=O)C(=O)Nc1ccc(-c2cc(-c3cnc(N)nc3)nc(N3CCOCC3)c2)cc1. The Labute approximate surface area is 197 Å². The number of nitrogen functional groups attached to an aromatic ring is 1. The van der Waals surface area contributed by atoms with Crippen LogP contribution in [-0.4, -0.2) is 52.9 Å². The number of ketones is 1. The summed E-state index contributed by atoms with van der Waals surface area (Å²) in [5, 5.41) is 2.64. The molecule has 0 radical (unpaired) electrons. The van der Waals surface area contributed by atoms with E-state index in [1.165, 1.54) is 6.08 Å². The molecule has 0 atom stereocenters. The molecule has 1 saturated heterocycles. The number of benzene rings is 1. The van der Waals surface area contributed by atoms with E-state index in [0.717, 1.165) is 46.9 Å². The largest absolute Gasteiger partial charge is 0.378 e. The topological polar surface area (TPSA) is 123 Å². The maximum Gasteiger partial charge on any atom is 0.296 e. The highest BCUT2D eigenvalue weighted by Crippen LogP contribution is 2.30. The lowest BCUT2D eigenvalue weighted by atomic mass is 10.0. The minimum atomic E-state index is -0.668. The first-order chi connectivity index (χ1) is 16.4. The van der Waals surface area contributed by atoms with Crippen LogP contribution in [0.4, 0.5) is 17.5 Å². The Morgan fingerprint density at radius 3 is 2.32 bits per heavy atom. The fourth-order valence-electron chi connectivity index (χ4n) is 3.52. The fourth-order valence-corrected chi connectivity index (χ4v) is 3.52. The van der Waals surface area contributed by atoms with Crippen molar-refractivity contribution in [1.29, 1.82) is 0 Å². The number of aromatic nitrogens is 3. The van der Waals surface area contributed by atoms with Gasteiger partial charge in [0.15, 0.2) is 0 Å². The summed E-state index contributed by atoms with van der Waals surface area (Å²) < 4.78 is 5.48. The molecule has 2 aromatic heterocycles. The molecular weight excluding hydrogens is 432 g/mol. The second kappa shape index (κ2) is 10.2. The standard InChI is InChI=1S/C25H26N6O3/c1-16(2)11-22(32)24(33)29-20-5-3-17(4-6-20)18-12-21(19-14-27-25(26)28-15-19)30-23(13-18)31-7-9-34-10-8-31/h3-6,11-15H,7-10H2,1-2H3,(H,29,33)(H2,26,27,28). The van der Waals surface area contributed by atoms with Crippen LogP contribution in [0.25, 0.3) is 22.4 Å². The van der Waals surface area contributed by atoms with Crippen molar-refractivity contribution in [3.05, 3.63) is 60.4 Å². The van der Waals surface area contributed by atoms with Crippen molar-refractivity contribution < 1.29 is 14.3 Å². The van der Waals surface area contributed by atoms with Gasteiger partial charge >= 0.3 is 0 Å². The van der Waals surface area contributed by atoms with Crippen LogP contribution < -0.4 is 16.0 Å². The number of carbonyl (C=O) groups is 2. The van der Waals surface area contributed by atoms with Gasteiger partial charge in [-0.2, -0.15) is 0 Å². The number of hydrogen-bond acceptors (Lipinski definition) is 8. The normalized spacial score (nSPS) is 13.3. The van der Waals surface area contributed by atoms with Gasteiger partial charge in [-0.05, 0) is 55.3 Å². The highest BCUT2D eigenvalue weighted by molar-refractivity contribution is 6.44. The summed E-state index contributed by atoms with van der Waals surface area (Å²) in [5.41, 5.74) is 10.3. The van der Waals surface area contributed by atoms with Crippen molar-refractivity contribution in [3.63, 3.8) is 0 Å². The Bertz CT molecular complexity index is 1210. The van der Waals surface area contributed by atoms with Gasteiger partial charge in [-0.25, -0.2) is 15.0 Å². The second-order valence-corrected chi connectivity index (χ2v) is 8.15.